The highest BCUT2D eigenvalue weighted by molar-refractivity contribution is 6.31. The third-order valence-corrected chi connectivity index (χ3v) is 4.04. The van der Waals surface area contributed by atoms with E-state index in [1.54, 1.807) is 18.1 Å². The van der Waals surface area contributed by atoms with Gasteiger partial charge in [-0.1, -0.05) is 35.9 Å². The van der Waals surface area contributed by atoms with Crippen LogP contribution in [0.1, 0.15) is 11.6 Å². The molecule has 2 N–H and O–H groups in total. The second-order valence-electron chi connectivity index (χ2n) is 4.90. The highest BCUT2D eigenvalue weighted by atomic mass is 35.5. The largest absolute Gasteiger partial charge is 0.497 e. The van der Waals surface area contributed by atoms with Crippen LogP contribution in [0.15, 0.2) is 48.5 Å². The third kappa shape index (κ3) is 2.26. The van der Waals surface area contributed by atoms with Crippen molar-refractivity contribution in [2.24, 2.45) is 5.73 Å². The zero-order valence-corrected chi connectivity index (χ0v) is 12.2. The number of carbonyl (C=O) groups is 1. The van der Waals surface area contributed by atoms with Gasteiger partial charge >= 0.3 is 0 Å². The fourth-order valence-corrected chi connectivity index (χ4v) is 2.85. The van der Waals surface area contributed by atoms with Gasteiger partial charge in [0.05, 0.1) is 13.2 Å². The van der Waals surface area contributed by atoms with Gasteiger partial charge in [-0.2, -0.15) is 0 Å². The lowest BCUT2D eigenvalue weighted by atomic mass is 9.88. The normalized spacial score (nSPS) is 21.1. The predicted molar refractivity (Wildman–Crippen MR) is 82.6 cm³/mol. The number of hydrogen-bond donors (Lipinski definition) is 1. The van der Waals surface area contributed by atoms with Crippen molar-refractivity contribution >= 4 is 23.2 Å². The molecule has 1 aliphatic heterocycles. The minimum Gasteiger partial charge on any atom is -0.497 e. The summed E-state index contributed by atoms with van der Waals surface area (Å²) in [4.78, 5) is 13.8. The summed E-state index contributed by atoms with van der Waals surface area (Å²) in [6.07, 6.45) is 0. The maximum absolute atomic E-state index is 12.2. The Labute approximate surface area is 128 Å². The SMILES string of the molecule is COc1cccc(N2C(=O)C(N)C2c2ccccc2Cl)c1. The number of carbonyl (C=O) groups excluding carboxylic acids is 1. The molecule has 108 valence electrons. The van der Waals surface area contributed by atoms with Crippen LogP contribution in [0.2, 0.25) is 5.02 Å². The summed E-state index contributed by atoms with van der Waals surface area (Å²) >= 11 is 6.24. The van der Waals surface area contributed by atoms with E-state index in [0.717, 1.165) is 11.3 Å². The van der Waals surface area contributed by atoms with Gasteiger partial charge in [0.25, 0.3) is 0 Å². The lowest BCUT2D eigenvalue weighted by Crippen LogP contribution is -2.63. The summed E-state index contributed by atoms with van der Waals surface area (Å²) in [5.74, 6) is 0.576. The molecule has 1 aliphatic rings. The summed E-state index contributed by atoms with van der Waals surface area (Å²) in [6, 6.07) is 14.0. The van der Waals surface area contributed by atoms with Gasteiger partial charge in [0.1, 0.15) is 11.8 Å². The average molecular weight is 303 g/mol. The molecule has 3 rings (SSSR count). The smallest absolute Gasteiger partial charge is 0.247 e. The first-order valence-electron chi connectivity index (χ1n) is 6.60. The Kier molecular flexibility index (Phi) is 3.57. The number of ether oxygens (including phenoxy) is 1. The van der Waals surface area contributed by atoms with Crippen LogP contribution in [-0.2, 0) is 4.79 Å². The van der Waals surface area contributed by atoms with E-state index in [1.165, 1.54) is 0 Å². The van der Waals surface area contributed by atoms with E-state index in [2.05, 4.69) is 0 Å². The van der Waals surface area contributed by atoms with Crippen LogP contribution in [0.3, 0.4) is 0 Å². The monoisotopic (exact) mass is 302 g/mol. The standard InChI is InChI=1S/C16H15ClN2O2/c1-21-11-6-4-5-10(9-11)19-15(14(18)16(19)20)12-7-2-3-8-13(12)17/h2-9,14-15H,18H2,1H3. The molecule has 2 atom stereocenters. The zero-order chi connectivity index (χ0) is 15.0. The van der Waals surface area contributed by atoms with Crippen LogP contribution in [0, 0.1) is 0 Å². The molecule has 0 spiro atoms. The first kappa shape index (κ1) is 13.9. The molecule has 0 aromatic heterocycles. The van der Waals surface area contributed by atoms with Crippen LogP contribution in [0.4, 0.5) is 5.69 Å². The molecule has 1 fully saturated rings. The lowest BCUT2D eigenvalue weighted by Gasteiger charge is -2.45. The van der Waals surface area contributed by atoms with Gasteiger partial charge in [0.15, 0.2) is 0 Å². The van der Waals surface area contributed by atoms with E-state index in [9.17, 15) is 4.79 Å². The molecule has 0 radical (unpaired) electrons. The maximum atomic E-state index is 12.2. The van der Waals surface area contributed by atoms with Crippen LogP contribution in [0.5, 0.6) is 5.75 Å². The van der Waals surface area contributed by atoms with Gasteiger partial charge < -0.3 is 15.4 Å². The van der Waals surface area contributed by atoms with Crippen molar-refractivity contribution in [3.8, 4) is 5.75 Å². The van der Waals surface area contributed by atoms with Gasteiger partial charge in [-0.3, -0.25) is 4.79 Å². The molecule has 1 saturated heterocycles. The second kappa shape index (κ2) is 5.39. The number of methoxy groups -OCH3 is 1. The number of rotatable bonds is 3. The summed E-state index contributed by atoms with van der Waals surface area (Å²) < 4.78 is 5.21. The van der Waals surface area contributed by atoms with Crippen molar-refractivity contribution in [2.75, 3.05) is 12.0 Å². The minimum absolute atomic E-state index is 0.117. The molecule has 0 saturated carbocycles. The first-order valence-corrected chi connectivity index (χ1v) is 6.98. The van der Waals surface area contributed by atoms with E-state index in [4.69, 9.17) is 22.1 Å². The topological polar surface area (TPSA) is 55.6 Å². The Morgan fingerprint density at radius 2 is 1.95 bits per heavy atom. The van der Waals surface area contributed by atoms with Crippen molar-refractivity contribution in [3.05, 3.63) is 59.1 Å². The molecule has 2 aromatic rings. The third-order valence-electron chi connectivity index (χ3n) is 3.70. The van der Waals surface area contributed by atoms with Gasteiger partial charge in [0, 0.05) is 16.8 Å². The molecule has 1 amide bonds. The van der Waals surface area contributed by atoms with Crippen LogP contribution in [-0.4, -0.2) is 19.1 Å². The molecule has 5 heteroatoms. The van der Waals surface area contributed by atoms with Crippen LogP contribution < -0.4 is 15.4 Å². The Balaban J connectivity index is 2.00. The number of nitrogens with zero attached hydrogens (tertiary/aromatic N) is 1. The molecule has 0 aliphatic carbocycles. The molecular weight excluding hydrogens is 288 g/mol. The molecule has 2 aromatic carbocycles. The number of β-lactam (4-membered cyclic amide) rings is 1. The summed E-state index contributed by atoms with van der Waals surface area (Å²) in [5, 5.41) is 0.610. The summed E-state index contributed by atoms with van der Waals surface area (Å²) in [6.45, 7) is 0. The number of halogens is 1. The van der Waals surface area contributed by atoms with Crippen molar-refractivity contribution in [1.82, 2.24) is 0 Å². The number of hydrogen-bond acceptors (Lipinski definition) is 3. The lowest BCUT2D eigenvalue weighted by molar-refractivity contribution is -0.126. The van der Waals surface area contributed by atoms with E-state index in [-0.39, 0.29) is 11.9 Å². The molecule has 0 bridgehead atoms. The van der Waals surface area contributed by atoms with Crippen molar-refractivity contribution in [1.29, 1.82) is 0 Å². The molecule has 2 unspecified atom stereocenters. The zero-order valence-electron chi connectivity index (χ0n) is 11.5. The van der Waals surface area contributed by atoms with Crippen LogP contribution in [0.25, 0.3) is 0 Å². The van der Waals surface area contributed by atoms with Gasteiger partial charge in [-0.15, -0.1) is 0 Å². The quantitative estimate of drug-likeness (QED) is 0.887. The maximum Gasteiger partial charge on any atom is 0.247 e. The Hall–Kier alpha value is -2.04. The minimum atomic E-state index is -0.573. The summed E-state index contributed by atoms with van der Waals surface area (Å²) in [7, 11) is 1.59. The van der Waals surface area contributed by atoms with Crippen molar-refractivity contribution in [2.45, 2.75) is 12.1 Å². The van der Waals surface area contributed by atoms with E-state index >= 15 is 0 Å². The molecule has 4 nitrogen and oxygen atoms in total. The second-order valence-corrected chi connectivity index (χ2v) is 5.31. The van der Waals surface area contributed by atoms with E-state index in [0.29, 0.717) is 10.8 Å². The Bertz CT molecular complexity index is 689. The number of amides is 1. The van der Waals surface area contributed by atoms with Gasteiger partial charge in [0.2, 0.25) is 5.91 Å². The number of anilines is 1. The van der Waals surface area contributed by atoms with Gasteiger partial charge in [-0.25, -0.2) is 0 Å². The molecule has 21 heavy (non-hydrogen) atoms. The number of benzene rings is 2. The number of nitrogens with two attached hydrogens (primary N) is 1. The summed E-state index contributed by atoms with van der Waals surface area (Å²) in [5.41, 5.74) is 7.60. The van der Waals surface area contributed by atoms with E-state index in [1.807, 2.05) is 42.5 Å². The van der Waals surface area contributed by atoms with Crippen molar-refractivity contribution in [3.63, 3.8) is 0 Å². The highest BCUT2D eigenvalue weighted by Crippen LogP contribution is 2.41. The fourth-order valence-electron chi connectivity index (χ4n) is 2.61. The Morgan fingerprint density at radius 3 is 2.67 bits per heavy atom. The molecular formula is C16H15ClN2O2. The Morgan fingerprint density at radius 1 is 1.19 bits per heavy atom. The predicted octanol–water partition coefficient (Wildman–Crippen LogP) is 2.76. The molecule has 1 heterocycles. The first-order chi connectivity index (χ1) is 10.1. The highest BCUT2D eigenvalue weighted by Gasteiger charge is 2.47. The van der Waals surface area contributed by atoms with Crippen molar-refractivity contribution < 1.29 is 9.53 Å². The van der Waals surface area contributed by atoms with E-state index < -0.39 is 6.04 Å². The van der Waals surface area contributed by atoms with Gasteiger partial charge in [-0.05, 0) is 23.8 Å². The fraction of sp³-hybridized carbons (Fsp3) is 0.188. The average Bonchev–Trinajstić information content (AvgIpc) is 2.52. The van der Waals surface area contributed by atoms with Crippen LogP contribution >= 0.6 is 11.6 Å².